The lowest BCUT2D eigenvalue weighted by molar-refractivity contribution is 0.698. The molecule has 0 saturated heterocycles. The van der Waals surface area contributed by atoms with Gasteiger partial charge >= 0.3 is 0 Å². The van der Waals surface area contributed by atoms with Crippen LogP contribution in [0.5, 0.6) is 0 Å². The molecular weight excluding hydrogens is 224 g/mol. The van der Waals surface area contributed by atoms with E-state index in [1.54, 1.807) is 0 Å². The molecule has 1 heterocycles. The topological polar surface area (TPSA) is 52.8 Å². The van der Waals surface area contributed by atoms with Gasteiger partial charge in [-0.3, -0.25) is 0 Å². The smallest absolute Gasteiger partial charge is 0.169 e. The van der Waals surface area contributed by atoms with Crippen LogP contribution >= 0.6 is 0 Å². The lowest BCUT2D eigenvalue weighted by atomic mass is 10.1. The van der Waals surface area contributed by atoms with Crippen molar-refractivity contribution in [1.29, 1.82) is 5.26 Å². The Labute approximate surface area is 108 Å². The zero-order valence-corrected chi connectivity index (χ0v) is 11.0. The first-order valence-corrected chi connectivity index (χ1v) is 6.71. The highest BCUT2D eigenvalue weighted by Gasteiger charge is 2.36. The van der Waals surface area contributed by atoms with Crippen LogP contribution in [-0.4, -0.2) is 22.8 Å². The average molecular weight is 242 g/mol. The third-order valence-corrected chi connectivity index (χ3v) is 3.96. The SMILES string of the molecule is Cc1nnc(N(CC2CC2)C2CC2)c(C#N)c1C. The van der Waals surface area contributed by atoms with Crippen LogP contribution in [0, 0.1) is 31.1 Å². The molecule has 2 fully saturated rings. The Morgan fingerprint density at radius 3 is 2.50 bits per heavy atom. The molecule has 2 saturated carbocycles. The number of aryl methyl sites for hydroxylation is 1. The van der Waals surface area contributed by atoms with E-state index in [0.717, 1.165) is 35.1 Å². The second-order valence-corrected chi connectivity index (χ2v) is 5.55. The summed E-state index contributed by atoms with van der Waals surface area (Å²) in [4.78, 5) is 2.33. The van der Waals surface area contributed by atoms with Crippen molar-refractivity contribution in [3.05, 3.63) is 16.8 Å². The molecule has 2 aliphatic carbocycles. The van der Waals surface area contributed by atoms with Crippen LogP contribution in [0.1, 0.15) is 42.5 Å². The van der Waals surface area contributed by atoms with Crippen molar-refractivity contribution in [2.45, 2.75) is 45.6 Å². The zero-order valence-electron chi connectivity index (χ0n) is 11.0. The normalized spacial score (nSPS) is 18.5. The Kier molecular flexibility index (Phi) is 2.70. The van der Waals surface area contributed by atoms with E-state index in [1.807, 2.05) is 13.8 Å². The molecule has 0 amide bonds. The monoisotopic (exact) mass is 242 g/mol. The summed E-state index contributed by atoms with van der Waals surface area (Å²) in [6.45, 7) is 4.93. The standard InChI is InChI=1S/C14H18N4/c1-9-10(2)16-17-14(13(9)7-15)18(12-5-6-12)8-11-3-4-11/h11-12H,3-6,8H2,1-2H3. The summed E-state index contributed by atoms with van der Waals surface area (Å²) in [6, 6.07) is 2.91. The van der Waals surface area contributed by atoms with Gasteiger partial charge in [-0.2, -0.15) is 10.4 Å². The number of nitriles is 1. The Hall–Kier alpha value is -1.63. The van der Waals surface area contributed by atoms with Crippen molar-refractivity contribution < 1.29 is 0 Å². The van der Waals surface area contributed by atoms with Gasteiger partial charge in [-0.15, -0.1) is 5.10 Å². The van der Waals surface area contributed by atoms with E-state index in [9.17, 15) is 5.26 Å². The predicted octanol–water partition coefficient (Wildman–Crippen LogP) is 2.34. The van der Waals surface area contributed by atoms with Crippen LogP contribution in [-0.2, 0) is 0 Å². The Morgan fingerprint density at radius 1 is 1.22 bits per heavy atom. The van der Waals surface area contributed by atoms with Gasteiger partial charge in [0, 0.05) is 12.6 Å². The summed E-state index contributed by atoms with van der Waals surface area (Å²) in [7, 11) is 0. The van der Waals surface area contributed by atoms with Crippen LogP contribution in [0.4, 0.5) is 5.82 Å². The molecule has 3 rings (SSSR count). The highest BCUT2D eigenvalue weighted by molar-refractivity contribution is 5.58. The van der Waals surface area contributed by atoms with E-state index in [1.165, 1.54) is 25.7 Å². The molecule has 1 aromatic rings. The predicted molar refractivity (Wildman–Crippen MR) is 69.3 cm³/mol. The molecule has 0 bridgehead atoms. The van der Waals surface area contributed by atoms with Crippen molar-refractivity contribution in [1.82, 2.24) is 10.2 Å². The molecule has 2 aliphatic rings. The molecule has 0 N–H and O–H groups in total. The fraction of sp³-hybridized carbons (Fsp3) is 0.643. The van der Waals surface area contributed by atoms with Crippen molar-refractivity contribution >= 4 is 5.82 Å². The minimum atomic E-state index is 0.592. The van der Waals surface area contributed by atoms with Gasteiger partial charge in [0.15, 0.2) is 5.82 Å². The van der Waals surface area contributed by atoms with Crippen LogP contribution < -0.4 is 4.90 Å². The maximum atomic E-state index is 9.38. The van der Waals surface area contributed by atoms with Gasteiger partial charge in [0.1, 0.15) is 11.6 Å². The van der Waals surface area contributed by atoms with E-state index in [2.05, 4.69) is 21.2 Å². The maximum Gasteiger partial charge on any atom is 0.169 e. The number of hydrogen-bond donors (Lipinski definition) is 0. The third kappa shape index (κ3) is 2.05. The van der Waals surface area contributed by atoms with E-state index < -0.39 is 0 Å². The molecule has 4 heteroatoms. The first kappa shape index (κ1) is 11.5. The van der Waals surface area contributed by atoms with Gasteiger partial charge in [0.2, 0.25) is 0 Å². The largest absolute Gasteiger partial charge is 0.351 e. The molecular formula is C14H18N4. The molecule has 4 nitrogen and oxygen atoms in total. The minimum Gasteiger partial charge on any atom is -0.351 e. The second kappa shape index (κ2) is 4.24. The number of nitrogens with zero attached hydrogens (tertiary/aromatic N) is 4. The number of anilines is 1. The average Bonchev–Trinajstić information content (AvgIpc) is 3.23. The van der Waals surface area contributed by atoms with Crippen LogP contribution in [0.3, 0.4) is 0 Å². The summed E-state index contributed by atoms with van der Waals surface area (Å²) in [5.41, 5.74) is 2.55. The summed E-state index contributed by atoms with van der Waals surface area (Å²) < 4.78 is 0. The van der Waals surface area contributed by atoms with Gasteiger partial charge < -0.3 is 4.90 Å². The summed E-state index contributed by atoms with van der Waals surface area (Å²) in [6.07, 6.45) is 5.10. The minimum absolute atomic E-state index is 0.592. The van der Waals surface area contributed by atoms with E-state index >= 15 is 0 Å². The molecule has 0 unspecified atom stereocenters. The summed E-state index contributed by atoms with van der Waals surface area (Å²) in [5.74, 6) is 1.62. The number of rotatable bonds is 4. The number of aromatic nitrogens is 2. The molecule has 0 radical (unpaired) electrons. The lowest BCUT2D eigenvalue weighted by Gasteiger charge is -2.24. The first-order valence-electron chi connectivity index (χ1n) is 6.71. The van der Waals surface area contributed by atoms with Crippen LogP contribution in [0.2, 0.25) is 0 Å². The van der Waals surface area contributed by atoms with Crippen LogP contribution in [0.15, 0.2) is 0 Å². The summed E-state index contributed by atoms with van der Waals surface area (Å²) in [5, 5.41) is 17.9. The molecule has 94 valence electrons. The van der Waals surface area contributed by atoms with Gasteiger partial charge in [-0.25, -0.2) is 0 Å². The van der Waals surface area contributed by atoms with Gasteiger partial charge in [0.05, 0.1) is 5.69 Å². The lowest BCUT2D eigenvalue weighted by Crippen LogP contribution is -2.30. The van der Waals surface area contributed by atoms with Gasteiger partial charge in [-0.1, -0.05) is 0 Å². The van der Waals surface area contributed by atoms with E-state index in [0.29, 0.717) is 6.04 Å². The Bertz CT molecular complexity index is 509. The van der Waals surface area contributed by atoms with E-state index in [4.69, 9.17) is 0 Å². The molecule has 0 aliphatic heterocycles. The first-order chi connectivity index (χ1) is 8.70. The van der Waals surface area contributed by atoms with Gasteiger partial charge in [0.25, 0.3) is 0 Å². The summed E-state index contributed by atoms with van der Waals surface area (Å²) >= 11 is 0. The Morgan fingerprint density at radius 2 is 1.94 bits per heavy atom. The molecule has 18 heavy (non-hydrogen) atoms. The van der Waals surface area contributed by atoms with E-state index in [-0.39, 0.29) is 0 Å². The maximum absolute atomic E-state index is 9.38. The van der Waals surface area contributed by atoms with Crippen LogP contribution in [0.25, 0.3) is 0 Å². The molecule has 0 spiro atoms. The van der Waals surface area contributed by atoms with Crippen molar-refractivity contribution in [2.24, 2.45) is 5.92 Å². The Balaban J connectivity index is 1.97. The highest BCUT2D eigenvalue weighted by Crippen LogP contribution is 2.38. The van der Waals surface area contributed by atoms with Gasteiger partial charge in [-0.05, 0) is 51.0 Å². The second-order valence-electron chi connectivity index (χ2n) is 5.55. The zero-order chi connectivity index (χ0) is 12.7. The highest BCUT2D eigenvalue weighted by atomic mass is 15.3. The van der Waals surface area contributed by atoms with Crippen molar-refractivity contribution in [3.8, 4) is 6.07 Å². The van der Waals surface area contributed by atoms with Crippen molar-refractivity contribution in [3.63, 3.8) is 0 Å². The third-order valence-electron chi connectivity index (χ3n) is 3.96. The van der Waals surface area contributed by atoms with Crippen molar-refractivity contribution in [2.75, 3.05) is 11.4 Å². The number of hydrogen-bond acceptors (Lipinski definition) is 4. The molecule has 0 aromatic carbocycles. The molecule has 0 atom stereocenters. The fourth-order valence-electron chi connectivity index (χ4n) is 2.30. The molecule has 1 aromatic heterocycles. The quantitative estimate of drug-likeness (QED) is 0.813. The fourth-order valence-corrected chi connectivity index (χ4v) is 2.30.